The van der Waals surface area contributed by atoms with Gasteiger partial charge in [0.1, 0.15) is 0 Å². The first-order valence-corrected chi connectivity index (χ1v) is 6.33. The molecular formula is C15H15ClFNO. The van der Waals surface area contributed by atoms with Gasteiger partial charge in [-0.2, -0.15) is 0 Å². The molecule has 0 heterocycles. The van der Waals surface area contributed by atoms with Crippen LogP contribution in [-0.2, 0) is 0 Å². The summed E-state index contributed by atoms with van der Waals surface area (Å²) in [7, 11) is 1.46. The van der Waals surface area contributed by atoms with Gasteiger partial charge in [0.2, 0.25) is 0 Å². The highest BCUT2D eigenvalue weighted by molar-refractivity contribution is 6.30. The topological polar surface area (TPSA) is 21.3 Å². The standard InChI is InChI=1S/C15H15ClFNO/c1-10(18-13-5-3-4-12(16)9-13)11-6-7-14(17)15(8-11)19-2/h3-10,18H,1-2H3. The lowest BCUT2D eigenvalue weighted by molar-refractivity contribution is 0.385. The fourth-order valence-electron chi connectivity index (χ4n) is 1.86. The highest BCUT2D eigenvalue weighted by Gasteiger charge is 2.09. The number of hydrogen-bond donors (Lipinski definition) is 1. The molecule has 0 aliphatic carbocycles. The van der Waals surface area contributed by atoms with Crippen LogP contribution in [0.1, 0.15) is 18.5 Å². The molecule has 0 bridgehead atoms. The van der Waals surface area contributed by atoms with Gasteiger partial charge >= 0.3 is 0 Å². The summed E-state index contributed by atoms with van der Waals surface area (Å²) in [4.78, 5) is 0. The molecule has 0 amide bonds. The summed E-state index contributed by atoms with van der Waals surface area (Å²) in [5.74, 6) is -0.113. The summed E-state index contributed by atoms with van der Waals surface area (Å²) in [5, 5.41) is 3.98. The van der Waals surface area contributed by atoms with Gasteiger partial charge in [-0.05, 0) is 42.8 Å². The first-order chi connectivity index (χ1) is 9.10. The van der Waals surface area contributed by atoms with Crippen molar-refractivity contribution in [3.8, 4) is 5.75 Å². The molecule has 0 aromatic heterocycles. The third-order valence-electron chi connectivity index (χ3n) is 2.88. The molecule has 1 N–H and O–H groups in total. The summed E-state index contributed by atoms with van der Waals surface area (Å²) in [6.07, 6.45) is 0. The molecule has 4 heteroatoms. The number of anilines is 1. The van der Waals surface area contributed by atoms with E-state index in [1.54, 1.807) is 12.1 Å². The van der Waals surface area contributed by atoms with Crippen molar-refractivity contribution in [3.63, 3.8) is 0 Å². The number of ether oxygens (including phenoxy) is 1. The van der Waals surface area contributed by atoms with Crippen molar-refractivity contribution in [2.24, 2.45) is 0 Å². The molecule has 0 radical (unpaired) electrons. The van der Waals surface area contributed by atoms with Gasteiger partial charge in [0.05, 0.1) is 7.11 Å². The summed E-state index contributed by atoms with van der Waals surface area (Å²) in [6, 6.07) is 12.3. The van der Waals surface area contributed by atoms with Crippen molar-refractivity contribution >= 4 is 17.3 Å². The SMILES string of the molecule is COc1cc(C(C)Nc2cccc(Cl)c2)ccc1F. The van der Waals surface area contributed by atoms with E-state index in [1.165, 1.54) is 13.2 Å². The van der Waals surface area contributed by atoms with Crippen molar-refractivity contribution in [1.29, 1.82) is 0 Å². The fraction of sp³-hybridized carbons (Fsp3) is 0.200. The van der Waals surface area contributed by atoms with Crippen LogP contribution in [0.15, 0.2) is 42.5 Å². The third-order valence-corrected chi connectivity index (χ3v) is 3.12. The Bertz CT molecular complexity index is 574. The molecule has 0 aliphatic heterocycles. The Balaban J connectivity index is 2.18. The molecule has 0 fully saturated rings. The van der Waals surface area contributed by atoms with Crippen LogP contribution in [0.3, 0.4) is 0 Å². The van der Waals surface area contributed by atoms with Crippen LogP contribution >= 0.6 is 11.6 Å². The van der Waals surface area contributed by atoms with Crippen molar-refractivity contribution in [3.05, 3.63) is 58.9 Å². The first kappa shape index (κ1) is 13.7. The lowest BCUT2D eigenvalue weighted by Crippen LogP contribution is -2.07. The third kappa shape index (κ3) is 3.38. The van der Waals surface area contributed by atoms with Gasteiger partial charge in [-0.15, -0.1) is 0 Å². The van der Waals surface area contributed by atoms with Crippen molar-refractivity contribution in [1.82, 2.24) is 0 Å². The van der Waals surface area contributed by atoms with Crippen LogP contribution in [-0.4, -0.2) is 7.11 Å². The van der Waals surface area contributed by atoms with Gasteiger partial charge in [0.25, 0.3) is 0 Å². The molecule has 2 aromatic carbocycles. The Morgan fingerprint density at radius 3 is 2.68 bits per heavy atom. The molecule has 19 heavy (non-hydrogen) atoms. The Hall–Kier alpha value is -1.74. The second kappa shape index (κ2) is 5.93. The predicted molar refractivity (Wildman–Crippen MR) is 76.4 cm³/mol. The average Bonchev–Trinajstić information content (AvgIpc) is 2.39. The van der Waals surface area contributed by atoms with Crippen LogP contribution in [0, 0.1) is 5.82 Å². The lowest BCUT2D eigenvalue weighted by atomic mass is 10.1. The van der Waals surface area contributed by atoms with Gasteiger partial charge < -0.3 is 10.1 Å². The molecule has 0 spiro atoms. The van der Waals surface area contributed by atoms with E-state index in [9.17, 15) is 4.39 Å². The molecule has 2 rings (SSSR count). The molecule has 0 saturated carbocycles. The van der Waals surface area contributed by atoms with E-state index in [-0.39, 0.29) is 17.6 Å². The van der Waals surface area contributed by atoms with Gasteiger partial charge in [0, 0.05) is 16.8 Å². The van der Waals surface area contributed by atoms with E-state index in [2.05, 4.69) is 5.32 Å². The highest BCUT2D eigenvalue weighted by Crippen LogP contribution is 2.25. The van der Waals surface area contributed by atoms with Crippen LogP contribution < -0.4 is 10.1 Å². The van der Waals surface area contributed by atoms with Gasteiger partial charge in [0.15, 0.2) is 11.6 Å². The summed E-state index contributed by atoms with van der Waals surface area (Å²) >= 11 is 5.93. The minimum Gasteiger partial charge on any atom is -0.494 e. The second-order valence-electron chi connectivity index (χ2n) is 4.27. The fourth-order valence-corrected chi connectivity index (χ4v) is 2.05. The van der Waals surface area contributed by atoms with E-state index in [0.29, 0.717) is 5.02 Å². The van der Waals surface area contributed by atoms with Crippen molar-refractivity contribution in [2.45, 2.75) is 13.0 Å². The molecule has 1 atom stereocenters. The largest absolute Gasteiger partial charge is 0.494 e. The van der Waals surface area contributed by atoms with Gasteiger partial charge in [-0.25, -0.2) is 4.39 Å². The Labute approximate surface area is 117 Å². The highest BCUT2D eigenvalue weighted by atomic mass is 35.5. The van der Waals surface area contributed by atoms with Crippen molar-refractivity contribution in [2.75, 3.05) is 12.4 Å². The molecule has 2 nitrogen and oxygen atoms in total. The Kier molecular flexibility index (Phi) is 4.27. The predicted octanol–water partition coefficient (Wildman–Crippen LogP) is 4.66. The number of nitrogens with one attached hydrogen (secondary N) is 1. The molecule has 0 aliphatic rings. The van der Waals surface area contributed by atoms with Crippen LogP contribution in [0.4, 0.5) is 10.1 Å². The van der Waals surface area contributed by atoms with E-state index >= 15 is 0 Å². The minimum atomic E-state index is -0.360. The number of halogens is 2. The zero-order chi connectivity index (χ0) is 13.8. The van der Waals surface area contributed by atoms with E-state index in [4.69, 9.17) is 16.3 Å². The van der Waals surface area contributed by atoms with Crippen molar-refractivity contribution < 1.29 is 9.13 Å². The van der Waals surface area contributed by atoms with Crippen LogP contribution in [0.2, 0.25) is 5.02 Å². The van der Waals surface area contributed by atoms with E-state index < -0.39 is 0 Å². The maximum Gasteiger partial charge on any atom is 0.165 e. The monoisotopic (exact) mass is 279 g/mol. The maximum atomic E-state index is 13.4. The number of methoxy groups -OCH3 is 1. The molecule has 100 valence electrons. The summed E-state index contributed by atoms with van der Waals surface area (Å²) < 4.78 is 18.3. The number of hydrogen-bond acceptors (Lipinski definition) is 2. The maximum absolute atomic E-state index is 13.4. The summed E-state index contributed by atoms with van der Waals surface area (Å²) in [6.45, 7) is 1.99. The zero-order valence-corrected chi connectivity index (χ0v) is 11.5. The molecule has 2 aromatic rings. The van der Waals surface area contributed by atoms with E-state index in [0.717, 1.165) is 11.3 Å². The minimum absolute atomic E-state index is 0.0213. The molecular weight excluding hydrogens is 265 g/mol. The second-order valence-corrected chi connectivity index (χ2v) is 4.71. The Morgan fingerprint density at radius 2 is 2.00 bits per heavy atom. The lowest BCUT2D eigenvalue weighted by Gasteiger charge is -2.17. The normalized spacial score (nSPS) is 12.0. The Morgan fingerprint density at radius 1 is 1.21 bits per heavy atom. The van der Waals surface area contributed by atoms with E-state index in [1.807, 2.05) is 31.2 Å². The van der Waals surface area contributed by atoms with Crippen LogP contribution in [0.25, 0.3) is 0 Å². The average molecular weight is 280 g/mol. The van der Waals surface area contributed by atoms with Gasteiger partial charge in [-0.3, -0.25) is 0 Å². The quantitative estimate of drug-likeness (QED) is 0.879. The molecule has 1 unspecified atom stereocenters. The van der Waals surface area contributed by atoms with Gasteiger partial charge in [-0.1, -0.05) is 23.7 Å². The summed E-state index contributed by atoms with van der Waals surface area (Å²) in [5.41, 5.74) is 1.86. The molecule has 0 saturated heterocycles. The first-order valence-electron chi connectivity index (χ1n) is 5.95. The number of benzene rings is 2. The zero-order valence-electron chi connectivity index (χ0n) is 10.8. The smallest absolute Gasteiger partial charge is 0.165 e. The number of rotatable bonds is 4. The van der Waals surface area contributed by atoms with Crippen LogP contribution in [0.5, 0.6) is 5.75 Å².